The molecule has 0 aliphatic heterocycles. The highest BCUT2D eigenvalue weighted by atomic mass is 16.3. The average Bonchev–Trinajstić information content (AvgIpc) is 3.00. The number of aryl methyl sites for hydroxylation is 2. The van der Waals surface area contributed by atoms with Crippen LogP contribution in [0.4, 0.5) is 0 Å². The summed E-state index contributed by atoms with van der Waals surface area (Å²) in [6, 6.07) is 12.7. The predicted octanol–water partition coefficient (Wildman–Crippen LogP) is 3.05. The first-order valence-electron chi connectivity index (χ1n) is 7.67. The van der Waals surface area contributed by atoms with E-state index in [-0.39, 0.29) is 18.2 Å². The van der Waals surface area contributed by atoms with Crippen LogP contribution in [-0.4, -0.2) is 11.8 Å². The average molecular weight is 322 g/mol. The zero-order valence-corrected chi connectivity index (χ0v) is 13.6. The number of carbonyl (C=O) groups is 2. The topological polar surface area (TPSA) is 71.3 Å². The molecule has 0 aliphatic carbocycles. The van der Waals surface area contributed by atoms with E-state index in [1.165, 1.54) is 0 Å². The Balaban J connectivity index is 1.65. The summed E-state index contributed by atoms with van der Waals surface area (Å²) in [7, 11) is 0. The minimum absolute atomic E-state index is 0.130. The van der Waals surface area contributed by atoms with Gasteiger partial charge >= 0.3 is 0 Å². The lowest BCUT2D eigenvalue weighted by Crippen LogP contribution is -2.42. The lowest BCUT2D eigenvalue weighted by molar-refractivity contribution is -0.121. The van der Waals surface area contributed by atoms with Crippen LogP contribution in [0.15, 0.2) is 53.1 Å². The number of benzene rings is 2. The Morgan fingerprint density at radius 1 is 1.00 bits per heavy atom. The summed E-state index contributed by atoms with van der Waals surface area (Å²) in [5.41, 5.74) is 9.12. The molecule has 2 N–H and O–H groups in total. The number of nitrogens with one attached hydrogen (secondary N) is 2. The standard InChI is InChI=1S/C19H18N2O3/c1-12-8-9-16-15(11-24-18(16)13(12)2)10-17(22)20-21-19(23)14-6-4-3-5-7-14/h3-9,11H,10H2,1-2H3,(H,20,22)(H,21,23). The van der Waals surface area contributed by atoms with Crippen molar-refractivity contribution in [3.05, 3.63) is 71.0 Å². The molecule has 5 nitrogen and oxygen atoms in total. The maximum atomic E-state index is 12.1. The van der Waals surface area contributed by atoms with Crippen LogP contribution in [0.25, 0.3) is 11.0 Å². The molecular formula is C19H18N2O3. The molecule has 0 atom stereocenters. The molecule has 0 fully saturated rings. The third-order valence-electron chi connectivity index (χ3n) is 4.04. The second kappa shape index (κ2) is 6.58. The van der Waals surface area contributed by atoms with Gasteiger partial charge in [-0.1, -0.05) is 30.3 Å². The van der Waals surface area contributed by atoms with Crippen LogP contribution in [0.3, 0.4) is 0 Å². The second-order valence-corrected chi connectivity index (χ2v) is 5.69. The molecular weight excluding hydrogens is 304 g/mol. The van der Waals surface area contributed by atoms with E-state index >= 15 is 0 Å². The number of hydrogen-bond acceptors (Lipinski definition) is 3. The van der Waals surface area contributed by atoms with Crippen molar-refractivity contribution in [1.29, 1.82) is 0 Å². The van der Waals surface area contributed by atoms with Crippen molar-refractivity contribution < 1.29 is 14.0 Å². The fraction of sp³-hybridized carbons (Fsp3) is 0.158. The predicted molar refractivity (Wildman–Crippen MR) is 91.4 cm³/mol. The quantitative estimate of drug-likeness (QED) is 0.728. The van der Waals surface area contributed by atoms with Gasteiger partial charge < -0.3 is 4.42 Å². The highest BCUT2D eigenvalue weighted by Gasteiger charge is 2.13. The Morgan fingerprint density at radius 2 is 1.75 bits per heavy atom. The molecule has 2 amide bonds. The Morgan fingerprint density at radius 3 is 2.50 bits per heavy atom. The molecule has 0 unspecified atom stereocenters. The Bertz CT molecular complexity index is 898. The van der Waals surface area contributed by atoms with Crippen LogP contribution in [0.2, 0.25) is 0 Å². The molecule has 0 saturated heterocycles. The molecule has 0 spiro atoms. The lowest BCUT2D eigenvalue weighted by atomic mass is 10.0. The second-order valence-electron chi connectivity index (χ2n) is 5.69. The molecule has 0 saturated carbocycles. The summed E-state index contributed by atoms with van der Waals surface area (Å²) in [4.78, 5) is 24.0. The van der Waals surface area contributed by atoms with E-state index in [0.29, 0.717) is 5.56 Å². The molecule has 5 heteroatoms. The first kappa shape index (κ1) is 15.8. The van der Waals surface area contributed by atoms with Crippen molar-refractivity contribution in [1.82, 2.24) is 10.9 Å². The van der Waals surface area contributed by atoms with Crippen molar-refractivity contribution in [3.8, 4) is 0 Å². The highest BCUT2D eigenvalue weighted by Crippen LogP contribution is 2.26. The third kappa shape index (κ3) is 3.15. The summed E-state index contributed by atoms with van der Waals surface area (Å²) in [6.07, 6.45) is 1.72. The third-order valence-corrected chi connectivity index (χ3v) is 4.04. The molecule has 1 heterocycles. The van der Waals surface area contributed by atoms with Crippen LogP contribution < -0.4 is 10.9 Å². The number of fused-ring (bicyclic) bond motifs is 1. The smallest absolute Gasteiger partial charge is 0.269 e. The van der Waals surface area contributed by atoms with Crippen LogP contribution in [0, 0.1) is 13.8 Å². The summed E-state index contributed by atoms with van der Waals surface area (Å²) in [5, 5.41) is 0.919. The summed E-state index contributed by atoms with van der Waals surface area (Å²) in [6.45, 7) is 4.01. The fourth-order valence-electron chi connectivity index (χ4n) is 2.53. The Labute approximate surface area is 139 Å². The maximum absolute atomic E-state index is 12.1. The van der Waals surface area contributed by atoms with Crippen LogP contribution in [-0.2, 0) is 11.2 Å². The van der Waals surface area contributed by atoms with E-state index in [4.69, 9.17) is 4.42 Å². The van der Waals surface area contributed by atoms with Gasteiger partial charge in [0.05, 0.1) is 12.7 Å². The summed E-state index contributed by atoms with van der Waals surface area (Å²) < 4.78 is 5.59. The van der Waals surface area contributed by atoms with Gasteiger partial charge in [0, 0.05) is 16.5 Å². The molecule has 2 aromatic carbocycles. The maximum Gasteiger partial charge on any atom is 0.269 e. The van der Waals surface area contributed by atoms with Gasteiger partial charge in [-0.25, -0.2) is 0 Å². The van der Waals surface area contributed by atoms with Gasteiger partial charge in [0.2, 0.25) is 5.91 Å². The highest BCUT2D eigenvalue weighted by molar-refractivity contribution is 5.96. The van der Waals surface area contributed by atoms with Gasteiger partial charge in [-0.3, -0.25) is 20.4 Å². The number of carbonyl (C=O) groups excluding carboxylic acids is 2. The van der Waals surface area contributed by atoms with Crippen molar-refractivity contribution in [3.63, 3.8) is 0 Å². The van der Waals surface area contributed by atoms with Crippen LogP contribution in [0.5, 0.6) is 0 Å². The van der Waals surface area contributed by atoms with Crippen molar-refractivity contribution in [2.24, 2.45) is 0 Å². The first-order chi connectivity index (χ1) is 11.6. The number of rotatable bonds is 3. The molecule has 0 radical (unpaired) electrons. The first-order valence-corrected chi connectivity index (χ1v) is 7.67. The zero-order valence-electron chi connectivity index (χ0n) is 13.6. The van der Waals surface area contributed by atoms with Gasteiger partial charge in [-0.15, -0.1) is 0 Å². The minimum atomic E-state index is -0.354. The van der Waals surface area contributed by atoms with E-state index in [0.717, 1.165) is 27.7 Å². The number of hydrazine groups is 1. The normalized spacial score (nSPS) is 10.6. The summed E-state index contributed by atoms with van der Waals surface area (Å²) in [5.74, 6) is -0.660. The Kier molecular flexibility index (Phi) is 4.33. The van der Waals surface area contributed by atoms with Crippen LogP contribution in [0.1, 0.15) is 27.0 Å². The van der Waals surface area contributed by atoms with Gasteiger partial charge in [0.15, 0.2) is 0 Å². The van der Waals surface area contributed by atoms with E-state index in [2.05, 4.69) is 10.9 Å². The molecule has 3 rings (SSSR count). The van der Waals surface area contributed by atoms with Crippen molar-refractivity contribution in [2.45, 2.75) is 20.3 Å². The molecule has 3 aromatic rings. The number of hydrogen-bond donors (Lipinski definition) is 2. The molecule has 122 valence electrons. The zero-order chi connectivity index (χ0) is 17.1. The van der Waals surface area contributed by atoms with Crippen molar-refractivity contribution in [2.75, 3.05) is 0 Å². The van der Waals surface area contributed by atoms with Crippen molar-refractivity contribution >= 4 is 22.8 Å². The van der Waals surface area contributed by atoms with Gasteiger partial charge in [0.1, 0.15) is 5.58 Å². The molecule has 1 aromatic heterocycles. The van der Waals surface area contributed by atoms with Gasteiger partial charge in [-0.05, 0) is 37.1 Å². The monoisotopic (exact) mass is 322 g/mol. The van der Waals surface area contributed by atoms with E-state index in [9.17, 15) is 9.59 Å². The van der Waals surface area contributed by atoms with Gasteiger partial charge in [-0.2, -0.15) is 0 Å². The molecule has 0 aliphatic rings. The largest absolute Gasteiger partial charge is 0.464 e. The fourth-order valence-corrected chi connectivity index (χ4v) is 2.53. The van der Waals surface area contributed by atoms with E-state index in [1.807, 2.05) is 32.0 Å². The van der Waals surface area contributed by atoms with Crippen LogP contribution >= 0.6 is 0 Å². The molecule has 24 heavy (non-hydrogen) atoms. The number of furan rings is 1. The van der Waals surface area contributed by atoms with E-state index < -0.39 is 0 Å². The number of amides is 2. The molecule has 0 bridgehead atoms. The SMILES string of the molecule is Cc1ccc2c(CC(=O)NNC(=O)c3ccccc3)coc2c1C. The summed E-state index contributed by atoms with van der Waals surface area (Å²) >= 11 is 0. The minimum Gasteiger partial charge on any atom is -0.464 e. The van der Waals surface area contributed by atoms with Gasteiger partial charge in [0.25, 0.3) is 5.91 Å². The lowest BCUT2D eigenvalue weighted by Gasteiger charge is -2.07. The van der Waals surface area contributed by atoms with E-state index in [1.54, 1.807) is 30.5 Å². The Hall–Kier alpha value is -3.08.